The largest absolute Gasteiger partial charge is 0.496 e. The van der Waals surface area contributed by atoms with Gasteiger partial charge in [0.1, 0.15) is 23.7 Å². The van der Waals surface area contributed by atoms with E-state index in [9.17, 15) is 0 Å². The van der Waals surface area contributed by atoms with E-state index >= 15 is 0 Å². The van der Waals surface area contributed by atoms with E-state index in [1.54, 1.807) is 13.4 Å². The van der Waals surface area contributed by atoms with Gasteiger partial charge in [0.25, 0.3) is 0 Å². The topological polar surface area (TPSA) is 93.0 Å². The van der Waals surface area contributed by atoms with Crippen molar-refractivity contribution in [2.24, 2.45) is 5.73 Å². The molecular formula is C14H18N6O. The lowest BCUT2D eigenvalue weighted by molar-refractivity contribution is 0.208. The zero-order valence-electron chi connectivity index (χ0n) is 11.9. The molecule has 2 heterocycles. The third-order valence-corrected chi connectivity index (χ3v) is 3.68. The van der Waals surface area contributed by atoms with Crippen LogP contribution in [-0.2, 0) is 19.6 Å². The van der Waals surface area contributed by atoms with Gasteiger partial charge in [-0.3, -0.25) is 10.3 Å². The summed E-state index contributed by atoms with van der Waals surface area (Å²) in [5.41, 5.74) is 7.29. The Morgan fingerprint density at radius 2 is 2.29 bits per heavy atom. The number of nitrogens with zero attached hydrogens (tertiary/aromatic N) is 4. The van der Waals surface area contributed by atoms with Gasteiger partial charge in [-0.2, -0.15) is 0 Å². The first-order valence-electron chi connectivity index (χ1n) is 6.77. The number of fused-ring (bicyclic) bond motifs is 1. The lowest BCUT2D eigenvalue weighted by Gasteiger charge is -2.27. The molecule has 1 aromatic heterocycles. The highest BCUT2D eigenvalue weighted by Crippen LogP contribution is 2.21. The van der Waals surface area contributed by atoms with Crippen LogP contribution >= 0.6 is 0 Å². The van der Waals surface area contributed by atoms with Crippen molar-refractivity contribution in [3.63, 3.8) is 0 Å². The molecule has 0 saturated carbocycles. The number of amidine groups is 1. The van der Waals surface area contributed by atoms with E-state index in [1.165, 1.54) is 0 Å². The fourth-order valence-corrected chi connectivity index (χ4v) is 2.57. The number of ether oxygens (including phenoxy) is 1. The summed E-state index contributed by atoms with van der Waals surface area (Å²) in [5.74, 6) is 1.65. The van der Waals surface area contributed by atoms with Gasteiger partial charge in [0.2, 0.25) is 0 Å². The Balaban J connectivity index is 1.75. The van der Waals surface area contributed by atoms with Crippen LogP contribution in [0.3, 0.4) is 0 Å². The highest BCUT2D eigenvalue weighted by molar-refractivity contribution is 5.97. The monoisotopic (exact) mass is 286 g/mol. The van der Waals surface area contributed by atoms with Crippen LogP contribution in [-0.4, -0.2) is 39.2 Å². The Hall–Kier alpha value is -2.41. The number of methoxy groups -OCH3 is 1. The fourth-order valence-electron chi connectivity index (χ4n) is 2.57. The third-order valence-electron chi connectivity index (χ3n) is 3.68. The molecule has 21 heavy (non-hydrogen) atoms. The smallest absolute Gasteiger partial charge is 0.147 e. The standard InChI is InChI=1S/C14H18N6O/c1-21-12-6-10(2-3-11(12)14(15)16)7-19-4-5-20-9-17-18-13(20)8-19/h2-3,6,9H,4-5,7-8H2,1H3,(H3,15,16). The van der Waals surface area contributed by atoms with E-state index in [0.29, 0.717) is 11.3 Å². The van der Waals surface area contributed by atoms with Gasteiger partial charge in [-0.1, -0.05) is 6.07 Å². The molecule has 0 fully saturated rings. The summed E-state index contributed by atoms with van der Waals surface area (Å²) in [4.78, 5) is 2.31. The number of benzene rings is 1. The summed E-state index contributed by atoms with van der Waals surface area (Å²) in [6, 6.07) is 5.76. The molecule has 0 saturated heterocycles. The predicted octanol–water partition coefficient (Wildman–Crippen LogP) is 0.587. The number of nitrogen functional groups attached to an aromatic ring is 1. The maximum atomic E-state index is 7.54. The molecule has 0 atom stereocenters. The number of nitrogens with one attached hydrogen (secondary N) is 1. The molecule has 0 unspecified atom stereocenters. The average Bonchev–Trinajstić information content (AvgIpc) is 2.94. The van der Waals surface area contributed by atoms with E-state index in [0.717, 1.165) is 37.6 Å². The van der Waals surface area contributed by atoms with Crippen LogP contribution in [0.1, 0.15) is 17.0 Å². The highest BCUT2D eigenvalue weighted by atomic mass is 16.5. The molecule has 0 bridgehead atoms. The van der Waals surface area contributed by atoms with Crippen LogP contribution in [0.5, 0.6) is 5.75 Å². The average molecular weight is 286 g/mol. The van der Waals surface area contributed by atoms with Gasteiger partial charge in [-0.05, 0) is 17.7 Å². The maximum Gasteiger partial charge on any atom is 0.147 e. The maximum absolute atomic E-state index is 7.54. The molecule has 0 amide bonds. The normalized spacial score (nSPS) is 14.7. The highest BCUT2D eigenvalue weighted by Gasteiger charge is 2.18. The van der Waals surface area contributed by atoms with Crippen molar-refractivity contribution in [3.05, 3.63) is 41.5 Å². The van der Waals surface area contributed by atoms with Crippen molar-refractivity contribution in [2.45, 2.75) is 19.6 Å². The van der Waals surface area contributed by atoms with Crippen molar-refractivity contribution in [1.29, 1.82) is 5.41 Å². The van der Waals surface area contributed by atoms with E-state index in [2.05, 4.69) is 19.7 Å². The lowest BCUT2D eigenvalue weighted by Crippen LogP contribution is -2.33. The van der Waals surface area contributed by atoms with E-state index in [-0.39, 0.29) is 5.84 Å². The van der Waals surface area contributed by atoms with Crippen LogP contribution in [0.25, 0.3) is 0 Å². The molecule has 0 spiro atoms. The quantitative estimate of drug-likeness (QED) is 0.633. The summed E-state index contributed by atoms with van der Waals surface area (Å²) >= 11 is 0. The second kappa shape index (κ2) is 5.53. The molecule has 3 rings (SSSR count). The summed E-state index contributed by atoms with van der Waals surface area (Å²) in [5, 5.41) is 15.6. The van der Waals surface area contributed by atoms with Gasteiger partial charge in [-0.15, -0.1) is 10.2 Å². The first-order valence-corrected chi connectivity index (χ1v) is 6.77. The first kappa shape index (κ1) is 13.6. The summed E-state index contributed by atoms with van der Waals surface area (Å²) in [7, 11) is 1.59. The van der Waals surface area contributed by atoms with Crippen molar-refractivity contribution in [2.75, 3.05) is 13.7 Å². The Morgan fingerprint density at radius 1 is 1.43 bits per heavy atom. The number of aromatic nitrogens is 3. The van der Waals surface area contributed by atoms with Crippen LogP contribution in [0.15, 0.2) is 24.5 Å². The number of nitrogens with two attached hydrogens (primary N) is 1. The van der Waals surface area contributed by atoms with Crippen molar-refractivity contribution in [3.8, 4) is 5.75 Å². The lowest BCUT2D eigenvalue weighted by atomic mass is 10.1. The minimum absolute atomic E-state index is 0.0180. The van der Waals surface area contributed by atoms with Crippen LogP contribution in [0, 0.1) is 5.41 Å². The Labute approximate surface area is 122 Å². The molecule has 0 aliphatic carbocycles. The molecule has 7 heteroatoms. The molecule has 3 N–H and O–H groups in total. The van der Waals surface area contributed by atoms with E-state index in [1.807, 2.05) is 18.2 Å². The number of hydrogen-bond donors (Lipinski definition) is 2. The SMILES string of the molecule is COc1cc(CN2CCn3cnnc3C2)ccc1C(=N)N. The molecule has 0 radical (unpaired) electrons. The Kier molecular flexibility index (Phi) is 3.57. The van der Waals surface area contributed by atoms with Gasteiger partial charge in [-0.25, -0.2) is 0 Å². The second-order valence-electron chi connectivity index (χ2n) is 5.10. The van der Waals surface area contributed by atoms with Gasteiger partial charge in [0.15, 0.2) is 0 Å². The van der Waals surface area contributed by atoms with Crippen LogP contribution in [0.4, 0.5) is 0 Å². The van der Waals surface area contributed by atoms with Gasteiger partial charge in [0, 0.05) is 19.6 Å². The molecule has 2 aromatic rings. The predicted molar refractivity (Wildman–Crippen MR) is 78.1 cm³/mol. The van der Waals surface area contributed by atoms with Gasteiger partial charge < -0.3 is 15.0 Å². The molecule has 110 valence electrons. The van der Waals surface area contributed by atoms with Crippen molar-refractivity contribution >= 4 is 5.84 Å². The molecule has 1 aliphatic rings. The molecule has 1 aliphatic heterocycles. The Morgan fingerprint density at radius 3 is 3.05 bits per heavy atom. The third kappa shape index (κ3) is 2.73. The summed E-state index contributed by atoms with van der Waals surface area (Å²) in [6.45, 7) is 3.46. The van der Waals surface area contributed by atoms with Gasteiger partial charge in [0.05, 0.1) is 19.2 Å². The number of hydrogen-bond acceptors (Lipinski definition) is 5. The minimum Gasteiger partial charge on any atom is -0.496 e. The zero-order chi connectivity index (χ0) is 14.8. The van der Waals surface area contributed by atoms with E-state index in [4.69, 9.17) is 15.9 Å². The minimum atomic E-state index is 0.0180. The van der Waals surface area contributed by atoms with Crippen molar-refractivity contribution in [1.82, 2.24) is 19.7 Å². The van der Waals surface area contributed by atoms with E-state index < -0.39 is 0 Å². The van der Waals surface area contributed by atoms with Crippen LogP contribution < -0.4 is 10.5 Å². The molecule has 1 aromatic carbocycles. The fraction of sp³-hybridized carbons (Fsp3) is 0.357. The van der Waals surface area contributed by atoms with Crippen LogP contribution in [0.2, 0.25) is 0 Å². The summed E-state index contributed by atoms with van der Waals surface area (Å²) < 4.78 is 7.39. The molecule has 7 nitrogen and oxygen atoms in total. The summed E-state index contributed by atoms with van der Waals surface area (Å²) in [6.07, 6.45) is 1.78. The zero-order valence-corrected chi connectivity index (χ0v) is 11.9. The second-order valence-corrected chi connectivity index (χ2v) is 5.10. The van der Waals surface area contributed by atoms with Gasteiger partial charge >= 0.3 is 0 Å². The van der Waals surface area contributed by atoms with Crippen molar-refractivity contribution < 1.29 is 4.74 Å². The molecular weight excluding hydrogens is 268 g/mol. The number of rotatable bonds is 4. The first-order chi connectivity index (χ1) is 10.2. The Bertz CT molecular complexity index is 665.